The standard InChI is InChI=1S/C30H27N3O6/c1-31(2)29(35)37-20-15-23-27(24(16-20)39-30(36)32(3)4)28(34)25(38-23)14-19-17-33(5)22-13-9-12-21(26(19)22)18-10-7-6-8-11-18/h6-17H,1-5H3. The molecule has 1 aliphatic rings. The van der Waals surface area contributed by atoms with Crippen molar-refractivity contribution >= 4 is 34.9 Å². The van der Waals surface area contributed by atoms with Crippen LogP contribution in [0.15, 0.2) is 72.6 Å². The van der Waals surface area contributed by atoms with Crippen LogP contribution in [0.2, 0.25) is 0 Å². The maximum atomic E-state index is 13.6. The molecule has 0 saturated carbocycles. The number of nitrogens with zero attached hydrogens (tertiary/aromatic N) is 3. The van der Waals surface area contributed by atoms with Gasteiger partial charge in [-0.25, -0.2) is 9.59 Å². The van der Waals surface area contributed by atoms with E-state index in [2.05, 4.69) is 0 Å². The summed E-state index contributed by atoms with van der Waals surface area (Å²) >= 11 is 0. The molecule has 9 nitrogen and oxygen atoms in total. The molecule has 2 heterocycles. The first-order chi connectivity index (χ1) is 18.6. The number of aromatic nitrogens is 1. The minimum Gasteiger partial charge on any atom is -0.452 e. The van der Waals surface area contributed by atoms with E-state index in [1.54, 1.807) is 6.08 Å². The summed E-state index contributed by atoms with van der Waals surface area (Å²) in [4.78, 5) is 40.6. The van der Waals surface area contributed by atoms with E-state index in [0.717, 1.165) is 27.6 Å². The van der Waals surface area contributed by atoms with Gasteiger partial charge in [-0.05, 0) is 23.3 Å². The number of carbonyl (C=O) groups is 3. The largest absolute Gasteiger partial charge is 0.452 e. The minimum atomic E-state index is -0.694. The molecule has 0 radical (unpaired) electrons. The molecular weight excluding hydrogens is 498 g/mol. The number of aryl methyl sites for hydroxylation is 1. The van der Waals surface area contributed by atoms with Crippen LogP contribution in [0.1, 0.15) is 15.9 Å². The summed E-state index contributed by atoms with van der Waals surface area (Å²) in [6, 6.07) is 18.8. The monoisotopic (exact) mass is 525 g/mol. The highest BCUT2D eigenvalue weighted by Crippen LogP contribution is 2.43. The Hall–Kier alpha value is -5.05. The number of benzene rings is 3. The van der Waals surface area contributed by atoms with E-state index < -0.39 is 18.0 Å². The quantitative estimate of drug-likeness (QED) is 0.323. The summed E-state index contributed by atoms with van der Waals surface area (Å²) in [6.07, 6.45) is 2.28. The SMILES string of the molecule is CN(C)C(=O)Oc1cc(OC(=O)N(C)C)c2c(c1)OC(=Cc1cn(C)c3cccc(-c4ccccc4)c13)C2=O. The van der Waals surface area contributed by atoms with Crippen molar-refractivity contribution in [1.82, 2.24) is 14.4 Å². The van der Waals surface area contributed by atoms with Crippen LogP contribution < -0.4 is 14.2 Å². The third-order valence-electron chi connectivity index (χ3n) is 6.26. The predicted octanol–water partition coefficient (Wildman–Crippen LogP) is 5.58. The average molecular weight is 526 g/mol. The fraction of sp³-hybridized carbons (Fsp3) is 0.167. The first-order valence-electron chi connectivity index (χ1n) is 12.2. The van der Waals surface area contributed by atoms with Crippen molar-refractivity contribution in [2.45, 2.75) is 0 Å². The van der Waals surface area contributed by atoms with Crippen molar-refractivity contribution < 1.29 is 28.6 Å². The molecule has 0 aliphatic carbocycles. The van der Waals surface area contributed by atoms with Gasteiger partial charge < -0.3 is 28.6 Å². The zero-order chi connectivity index (χ0) is 27.8. The third kappa shape index (κ3) is 4.82. The van der Waals surface area contributed by atoms with Crippen molar-refractivity contribution in [3.63, 3.8) is 0 Å². The van der Waals surface area contributed by atoms with E-state index in [-0.39, 0.29) is 28.6 Å². The average Bonchev–Trinajstić information content (AvgIpc) is 3.40. The van der Waals surface area contributed by atoms with Gasteiger partial charge in [0.25, 0.3) is 0 Å². The molecule has 0 fully saturated rings. The van der Waals surface area contributed by atoms with Crippen molar-refractivity contribution in [3.8, 4) is 28.4 Å². The lowest BCUT2D eigenvalue weighted by Crippen LogP contribution is -2.26. The molecule has 0 saturated heterocycles. The van der Waals surface area contributed by atoms with Gasteiger partial charge in [0.2, 0.25) is 5.78 Å². The smallest absolute Gasteiger partial charge is 0.414 e. The maximum Gasteiger partial charge on any atom is 0.414 e. The summed E-state index contributed by atoms with van der Waals surface area (Å²) in [6.45, 7) is 0. The lowest BCUT2D eigenvalue weighted by Gasteiger charge is -2.15. The van der Waals surface area contributed by atoms with E-state index >= 15 is 0 Å². The third-order valence-corrected chi connectivity index (χ3v) is 6.26. The number of ether oxygens (including phenoxy) is 3. The molecule has 3 aromatic carbocycles. The predicted molar refractivity (Wildman–Crippen MR) is 147 cm³/mol. The van der Waals surface area contributed by atoms with Crippen LogP contribution in [0.5, 0.6) is 17.2 Å². The number of hydrogen-bond donors (Lipinski definition) is 0. The molecule has 2 amide bonds. The summed E-state index contributed by atoms with van der Waals surface area (Å²) in [5.41, 5.74) is 3.91. The second-order valence-corrected chi connectivity index (χ2v) is 9.52. The minimum absolute atomic E-state index is 0.0543. The van der Waals surface area contributed by atoms with Gasteiger partial charge in [0.05, 0.1) is 0 Å². The second kappa shape index (κ2) is 10.0. The van der Waals surface area contributed by atoms with Crippen molar-refractivity contribution in [2.24, 2.45) is 7.05 Å². The van der Waals surface area contributed by atoms with E-state index in [0.29, 0.717) is 0 Å². The number of ketones is 1. The second-order valence-electron chi connectivity index (χ2n) is 9.52. The highest BCUT2D eigenvalue weighted by molar-refractivity contribution is 6.17. The lowest BCUT2D eigenvalue weighted by atomic mass is 9.98. The van der Waals surface area contributed by atoms with Crippen molar-refractivity contribution in [3.05, 3.63) is 83.7 Å². The number of Topliss-reactive ketones (excluding diaryl/α,β-unsaturated/α-hetero) is 1. The summed E-state index contributed by atoms with van der Waals surface area (Å²) in [7, 11) is 8.06. The molecule has 39 heavy (non-hydrogen) atoms. The fourth-order valence-electron chi connectivity index (χ4n) is 4.36. The van der Waals surface area contributed by atoms with E-state index in [1.807, 2.05) is 66.3 Å². The normalized spacial score (nSPS) is 13.3. The van der Waals surface area contributed by atoms with E-state index in [4.69, 9.17) is 14.2 Å². The molecule has 0 N–H and O–H groups in total. The van der Waals surface area contributed by atoms with Gasteiger partial charge in [-0.1, -0.05) is 42.5 Å². The number of rotatable bonds is 4. The van der Waals surface area contributed by atoms with Gasteiger partial charge in [-0.2, -0.15) is 0 Å². The van der Waals surface area contributed by atoms with Crippen LogP contribution in [0.4, 0.5) is 9.59 Å². The molecule has 198 valence electrons. The molecule has 0 atom stereocenters. The number of fused-ring (bicyclic) bond motifs is 2. The van der Waals surface area contributed by atoms with Crippen molar-refractivity contribution in [2.75, 3.05) is 28.2 Å². The Bertz CT molecular complexity index is 1650. The molecule has 0 bridgehead atoms. The van der Waals surface area contributed by atoms with E-state index in [1.165, 1.54) is 50.1 Å². The Morgan fingerprint density at radius 2 is 1.59 bits per heavy atom. The maximum absolute atomic E-state index is 13.6. The van der Waals surface area contributed by atoms with Gasteiger partial charge in [0.1, 0.15) is 17.1 Å². The summed E-state index contributed by atoms with van der Waals surface area (Å²) < 4.78 is 18.8. The van der Waals surface area contributed by atoms with Gasteiger partial charge in [-0.3, -0.25) is 4.79 Å². The summed E-state index contributed by atoms with van der Waals surface area (Å²) in [5, 5.41) is 0.964. The van der Waals surface area contributed by atoms with Crippen LogP contribution >= 0.6 is 0 Å². The Kier molecular flexibility index (Phi) is 6.57. The molecule has 0 spiro atoms. The molecule has 9 heteroatoms. The number of amides is 2. The number of hydrogen-bond acceptors (Lipinski definition) is 6. The highest BCUT2D eigenvalue weighted by atomic mass is 16.6. The molecule has 1 aromatic heterocycles. The van der Waals surface area contributed by atoms with Gasteiger partial charge >= 0.3 is 12.2 Å². The fourth-order valence-corrected chi connectivity index (χ4v) is 4.36. The lowest BCUT2D eigenvalue weighted by molar-refractivity contribution is 0.101. The van der Waals surface area contributed by atoms with Crippen molar-refractivity contribution in [1.29, 1.82) is 0 Å². The van der Waals surface area contributed by atoms with Crippen LogP contribution in [0, 0.1) is 0 Å². The van der Waals surface area contributed by atoms with Crippen LogP contribution in [0.25, 0.3) is 28.1 Å². The number of allylic oxidation sites excluding steroid dienone is 1. The highest BCUT2D eigenvalue weighted by Gasteiger charge is 2.34. The van der Waals surface area contributed by atoms with Crippen LogP contribution in [-0.2, 0) is 7.05 Å². The Morgan fingerprint density at radius 1 is 0.897 bits per heavy atom. The first kappa shape index (κ1) is 25.6. The first-order valence-corrected chi connectivity index (χ1v) is 12.2. The van der Waals surface area contributed by atoms with Gasteiger partial charge in [-0.15, -0.1) is 0 Å². The topological polar surface area (TPSA) is 90.3 Å². The molecule has 1 aliphatic heterocycles. The summed E-state index contributed by atoms with van der Waals surface area (Å²) in [5.74, 6) is -0.270. The molecular formula is C30H27N3O6. The molecule has 5 rings (SSSR count). The van der Waals surface area contributed by atoms with Gasteiger partial charge in [0, 0.05) is 70.0 Å². The Labute approximate surface area is 225 Å². The van der Waals surface area contributed by atoms with Crippen LogP contribution in [-0.4, -0.2) is 60.5 Å². The zero-order valence-corrected chi connectivity index (χ0v) is 22.2. The van der Waals surface area contributed by atoms with Gasteiger partial charge in [0.15, 0.2) is 11.5 Å². The number of carbonyl (C=O) groups excluding carboxylic acids is 3. The Balaban J connectivity index is 1.61. The molecule has 4 aromatic rings. The van der Waals surface area contributed by atoms with E-state index in [9.17, 15) is 14.4 Å². The zero-order valence-electron chi connectivity index (χ0n) is 22.2. The van der Waals surface area contributed by atoms with Crippen LogP contribution in [0.3, 0.4) is 0 Å². The Morgan fingerprint density at radius 3 is 2.28 bits per heavy atom. The molecule has 0 unspecified atom stereocenters.